The number of aliphatic imine (C=N–C) groups is 2. The van der Waals surface area contributed by atoms with Gasteiger partial charge in [0.15, 0.2) is 12.5 Å². The fourth-order valence-corrected chi connectivity index (χ4v) is 4.34. The summed E-state index contributed by atoms with van der Waals surface area (Å²) in [5.74, 6) is 0.478. The van der Waals surface area contributed by atoms with Crippen molar-refractivity contribution < 1.29 is 24.8 Å². The molecule has 1 fully saturated rings. The SMILES string of the molecule is C=Nc1c(C(C)=NC)ccn1[C@@H]1O[C@H]([C@@H]2OC(O)Cc3cc(Cl)ccc32)[C@@H](O)[C@H]1O. The molecular weight excluding hydrogens is 410 g/mol. The monoisotopic (exact) mass is 433 g/mol. The summed E-state index contributed by atoms with van der Waals surface area (Å²) in [6.45, 7) is 5.46. The predicted octanol–water partition coefficient (Wildman–Crippen LogP) is 2.16. The molecule has 8 nitrogen and oxygen atoms in total. The summed E-state index contributed by atoms with van der Waals surface area (Å²) < 4.78 is 13.4. The van der Waals surface area contributed by atoms with Crippen LogP contribution in [0, 0.1) is 0 Å². The first-order valence-corrected chi connectivity index (χ1v) is 9.98. The molecule has 4 rings (SSSR count). The van der Waals surface area contributed by atoms with Gasteiger partial charge < -0.3 is 29.4 Å². The quantitative estimate of drug-likeness (QED) is 0.640. The van der Waals surface area contributed by atoms with Crippen molar-refractivity contribution in [3.8, 4) is 0 Å². The molecule has 3 N–H and O–H groups in total. The molecule has 2 aromatic rings. The van der Waals surface area contributed by atoms with Crippen LogP contribution >= 0.6 is 11.6 Å². The molecule has 1 aromatic carbocycles. The Morgan fingerprint density at radius 3 is 2.67 bits per heavy atom. The highest BCUT2D eigenvalue weighted by Gasteiger charge is 2.50. The van der Waals surface area contributed by atoms with E-state index < -0.39 is 36.9 Å². The number of aliphatic hydroxyl groups excluding tert-OH is 3. The first-order valence-electron chi connectivity index (χ1n) is 9.60. The van der Waals surface area contributed by atoms with E-state index in [0.717, 1.165) is 22.4 Å². The van der Waals surface area contributed by atoms with E-state index in [-0.39, 0.29) is 6.42 Å². The number of aliphatic hydroxyl groups is 3. The Hall–Kier alpha value is -2.07. The minimum absolute atomic E-state index is 0.280. The molecule has 3 heterocycles. The summed E-state index contributed by atoms with van der Waals surface area (Å²) in [4.78, 5) is 8.25. The van der Waals surface area contributed by atoms with Crippen molar-refractivity contribution in [1.29, 1.82) is 0 Å². The number of halogens is 1. The van der Waals surface area contributed by atoms with Gasteiger partial charge in [0.2, 0.25) is 0 Å². The molecule has 0 radical (unpaired) electrons. The van der Waals surface area contributed by atoms with Crippen molar-refractivity contribution >= 4 is 29.8 Å². The van der Waals surface area contributed by atoms with E-state index in [1.54, 1.807) is 42.1 Å². The molecule has 1 unspecified atom stereocenters. The van der Waals surface area contributed by atoms with E-state index in [9.17, 15) is 15.3 Å². The van der Waals surface area contributed by atoms with Gasteiger partial charge in [-0.1, -0.05) is 17.7 Å². The van der Waals surface area contributed by atoms with Crippen molar-refractivity contribution in [3.05, 3.63) is 52.2 Å². The Balaban J connectivity index is 1.69. The Labute approximate surface area is 179 Å². The maximum atomic E-state index is 10.8. The smallest absolute Gasteiger partial charge is 0.164 e. The number of hydrogen-bond donors (Lipinski definition) is 3. The standard InChI is InChI=1S/C21H24ClN3O5/c1-10(23-2)13-6-7-25(20(13)24-3)21-17(28)16(27)19(30-21)18-14-5-4-12(22)8-11(14)9-15(26)29-18/h4-8,15-19,21,26-28H,3,9H2,1-2H3/t15?,16-,17+,18+,19-,21+/m0/s1. The number of nitrogens with zero attached hydrogens (tertiary/aromatic N) is 3. The number of rotatable bonds is 4. The lowest BCUT2D eigenvalue weighted by molar-refractivity contribution is -0.195. The normalized spacial score (nSPS) is 31.6. The Kier molecular flexibility index (Phi) is 5.80. The molecule has 9 heteroatoms. The number of fused-ring (bicyclic) bond motifs is 1. The third-order valence-electron chi connectivity index (χ3n) is 5.72. The van der Waals surface area contributed by atoms with Gasteiger partial charge in [0.25, 0.3) is 0 Å². The Morgan fingerprint density at radius 1 is 1.20 bits per heavy atom. The lowest BCUT2D eigenvalue weighted by atomic mass is 9.91. The zero-order valence-corrected chi connectivity index (χ0v) is 17.4. The van der Waals surface area contributed by atoms with E-state index >= 15 is 0 Å². The maximum absolute atomic E-state index is 10.8. The first kappa shape index (κ1) is 21.2. The van der Waals surface area contributed by atoms with Crippen molar-refractivity contribution in [3.63, 3.8) is 0 Å². The van der Waals surface area contributed by atoms with Crippen LogP contribution in [0.1, 0.15) is 35.9 Å². The van der Waals surface area contributed by atoms with Crippen LogP contribution in [0.2, 0.25) is 5.02 Å². The van der Waals surface area contributed by atoms with Gasteiger partial charge in [-0.3, -0.25) is 4.99 Å². The van der Waals surface area contributed by atoms with Gasteiger partial charge in [-0.15, -0.1) is 0 Å². The second kappa shape index (κ2) is 8.22. The first-order chi connectivity index (χ1) is 14.3. The van der Waals surface area contributed by atoms with E-state index in [0.29, 0.717) is 10.8 Å². The minimum Gasteiger partial charge on any atom is -0.387 e. The highest BCUT2D eigenvalue weighted by molar-refractivity contribution is 6.30. The molecule has 0 amide bonds. The number of ether oxygens (including phenoxy) is 2. The van der Waals surface area contributed by atoms with Crippen LogP contribution in [0.3, 0.4) is 0 Å². The number of aromatic nitrogens is 1. The van der Waals surface area contributed by atoms with Gasteiger partial charge in [0.1, 0.15) is 30.2 Å². The van der Waals surface area contributed by atoms with Gasteiger partial charge in [0.05, 0.1) is 0 Å². The summed E-state index contributed by atoms with van der Waals surface area (Å²) in [6, 6.07) is 7.07. The van der Waals surface area contributed by atoms with Crippen LogP contribution in [0.5, 0.6) is 0 Å². The predicted molar refractivity (Wildman–Crippen MR) is 113 cm³/mol. The molecular formula is C21H24ClN3O5. The molecule has 1 saturated heterocycles. The van der Waals surface area contributed by atoms with Gasteiger partial charge in [-0.2, -0.15) is 0 Å². The van der Waals surface area contributed by atoms with Crippen LogP contribution in [0.25, 0.3) is 0 Å². The Bertz CT molecular complexity index is 991. The summed E-state index contributed by atoms with van der Waals surface area (Å²) in [6.07, 6.45) is -4.17. The zero-order chi connectivity index (χ0) is 21.6. The molecule has 2 aliphatic heterocycles. The molecule has 6 atom stereocenters. The summed E-state index contributed by atoms with van der Waals surface area (Å²) in [5, 5.41) is 32.3. The third kappa shape index (κ3) is 3.49. The minimum atomic E-state index is -1.25. The lowest BCUT2D eigenvalue weighted by Gasteiger charge is -2.34. The Morgan fingerprint density at radius 2 is 1.97 bits per heavy atom. The van der Waals surface area contributed by atoms with Crippen LogP contribution in [0.15, 0.2) is 40.4 Å². The molecule has 2 aliphatic rings. The van der Waals surface area contributed by atoms with E-state index in [1.807, 2.05) is 6.92 Å². The van der Waals surface area contributed by atoms with Crippen LogP contribution < -0.4 is 0 Å². The molecule has 0 spiro atoms. The van der Waals surface area contributed by atoms with Crippen LogP contribution in [-0.2, 0) is 15.9 Å². The molecule has 160 valence electrons. The van der Waals surface area contributed by atoms with Crippen molar-refractivity contribution in [2.24, 2.45) is 9.98 Å². The van der Waals surface area contributed by atoms with Gasteiger partial charge in [-0.05, 0) is 43.0 Å². The molecule has 0 saturated carbocycles. The van der Waals surface area contributed by atoms with Gasteiger partial charge in [-0.25, -0.2) is 4.99 Å². The zero-order valence-electron chi connectivity index (χ0n) is 16.6. The van der Waals surface area contributed by atoms with E-state index in [1.165, 1.54) is 0 Å². The van der Waals surface area contributed by atoms with Crippen LogP contribution in [-0.4, -0.2) is 64.0 Å². The van der Waals surface area contributed by atoms with E-state index in [2.05, 4.69) is 16.7 Å². The second-order valence-electron chi connectivity index (χ2n) is 7.46. The molecule has 0 aliphatic carbocycles. The van der Waals surface area contributed by atoms with Gasteiger partial charge in [0, 0.05) is 36.0 Å². The molecule has 1 aromatic heterocycles. The summed E-state index contributed by atoms with van der Waals surface area (Å²) in [5.41, 5.74) is 3.08. The number of hydrogen-bond acceptors (Lipinski definition) is 7. The van der Waals surface area contributed by atoms with Crippen LogP contribution in [0.4, 0.5) is 5.82 Å². The van der Waals surface area contributed by atoms with Crippen molar-refractivity contribution in [2.45, 2.75) is 50.3 Å². The maximum Gasteiger partial charge on any atom is 0.164 e. The molecule has 0 bridgehead atoms. The average molecular weight is 434 g/mol. The lowest BCUT2D eigenvalue weighted by Crippen LogP contribution is -2.39. The fourth-order valence-electron chi connectivity index (χ4n) is 4.14. The summed E-state index contributed by atoms with van der Waals surface area (Å²) >= 11 is 6.09. The molecule has 30 heavy (non-hydrogen) atoms. The second-order valence-corrected chi connectivity index (χ2v) is 7.89. The number of benzene rings is 1. The topological polar surface area (TPSA) is 109 Å². The summed E-state index contributed by atoms with van der Waals surface area (Å²) in [7, 11) is 1.68. The largest absolute Gasteiger partial charge is 0.387 e. The highest BCUT2D eigenvalue weighted by Crippen LogP contribution is 2.43. The average Bonchev–Trinajstić information content (AvgIpc) is 3.27. The highest BCUT2D eigenvalue weighted by atomic mass is 35.5. The van der Waals surface area contributed by atoms with Crippen molar-refractivity contribution in [2.75, 3.05) is 7.05 Å². The fraction of sp³-hybridized carbons (Fsp3) is 0.429. The van der Waals surface area contributed by atoms with Gasteiger partial charge >= 0.3 is 0 Å². The van der Waals surface area contributed by atoms with E-state index in [4.69, 9.17) is 21.1 Å². The third-order valence-corrected chi connectivity index (χ3v) is 5.95. The van der Waals surface area contributed by atoms with Crippen molar-refractivity contribution in [1.82, 2.24) is 4.57 Å².